The van der Waals surface area contributed by atoms with Gasteiger partial charge in [-0.25, -0.2) is 12.7 Å². The van der Waals surface area contributed by atoms with Crippen LogP contribution in [0.3, 0.4) is 0 Å². The average Bonchev–Trinajstić information content (AvgIpc) is 2.56. The summed E-state index contributed by atoms with van der Waals surface area (Å²) in [5.74, 6) is -0.856. The van der Waals surface area contributed by atoms with Crippen LogP contribution < -0.4 is 0 Å². The number of nitrogens with zero attached hydrogens (tertiary/aromatic N) is 1. The van der Waals surface area contributed by atoms with Crippen molar-refractivity contribution in [2.45, 2.75) is 49.7 Å². The van der Waals surface area contributed by atoms with Crippen LogP contribution in [0.25, 0.3) is 0 Å². The number of ether oxygens (including phenoxy) is 1. The van der Waals surface area contributed by atoms with E-state index in [1.807, 2.05) is 0 Å². The minimum absolute atomic E-state index is 0.00390. The second-order valence-corrected chi connectivity index (χ2v) is 8.60. The molecule has 23 heavy (non-hydrogen) atoms. The zero-order chi connectivity index (χ0) is 16.9. The van der Waals surface area contributed by atoms with E-state index in [0.29, 0.717) is 25.4 Å². The van der Waals surface area contributed by atoms with E-state index >= 15 is 0 Å². The van der Waals surface area contributed by atoms with E-state index in [-0.39, 0.29) is 26.1 Å². The molecule has 132 valence electrons. The Morgan fingerprint density at radius 1 is 1.26 bits per heavy atom. The van der Waals surface area contributed by atoms with Gasteiger partial charge in [-0.15, -0.1) is 0 Å². The SMILES string of the molecule is O=CCCCC1CCN(S(=O)(=O)C2(C(=O)O)CCOCC2)CC1. The highest BCUT2D eigenvalue weighted by Crippen LogP contribution is 2.35. The molecule has 1 N–H and O–H groups in total. The van der Waals surface area contributed by atoms with E-state index in [1.54, 1.807) is 0 Å². The van der Waals surface area contributed by atoms with Crippen LogP contribution in [0.1, 0.15) is 44.9 Å². The lowest BCUT2D eigenvalue weighted by atomic mass is 9.93. The number of hydrogen-bond donors (Lipinski definition) is 1. The van der Waals surface area contributed by atoms with E-state index < -0.39 is 20.7 Å². The summed E-state index contributed by atoms with van der Waals surface area (Å²) in [4.78, 5) is 22.1. The van der Waals surface area contributed by atoms with Crippen LogP contribution in [0.5, 0.6) is 0 Å². The molecule has 0 bridgehead atoms. The highest BCUT2D eigenvalue weighted by molar-refractivity contribution is 7.91. The van der Waals surface area contributed by atoms with Gasteiger partial charge in [-0.2, -0.15) is 0 Å². The average molecular weight is 347 g/mol. The number of carbonyl (C=O) groups excluding carboxylic acids is 1. The van der Waals surface area contributed by atoms with Gasteiger partial charge in [0, 0.05) is 45.6 Å². The van der Waals surface area contributed by atoms with Gasteiger partial charge in [0.05, 0.1) is 0 Å². The van der Waals surface area contributed by atoms with Gasteiger partial charge < -0.3 is 14.6 Å². The Labute approximate surface area is 137 Å². The van der Waals surface area contributed by atoms with E-state index in [9.17, 15) is 23.1 Å². The van der Waals surface area contributed by atoms with Gasteiger partial charge in [0.15, 0.2) is 4.75 Å². The Morgan fingerprint density at radius 2 is 1.87 bits per heavy atom. The molecule has 2 aliphatic rings. The maximum absolute atomic E-state index is 12.9. The first-order valence-electron chi connectivity index (χ1n) is 8.18. The molecule has 7 nitrogen and oxygen atoms in total. The highest BCUT2D eigenvalue weighted by atomic mass is 32.2. The van der Waals surface area contributed by atoms with E-state index in [1.165, 1.54) is 4.31 Å². The molecule has 0 atom stereocenters. The normalized spacial score (nSPS) is 23.5. The molecule has 0 aliphatic carbocycles. The molecule has 8 heteroatoms. The van der Waals surface area contributed by atoms with Crippen LogP contribution in [-0.4, -0.2) is 61.1 Å². The number of piperidine rings is 1. The van der Waals surface area contributed by atoms with Gasteiger partial charge in [-0.05, 0) is 31.6 Å². The lowest BCUT2D eigenvalue weighted by molar-refractivity contribution is -0.143. The fraction of sp³-hybridized carbons (Fsp3) is 0.867. The lowest BCUT2D eigenvalue weighted by Crippen LogP contribution is -2.57. The van der Waals surface area contributed by atoms with Crippen molar-refractivity contribution < 1.29 is 27.9 Å². The molecule has 0 saturated carbocycles. The maximum Gasteiger partial charge on any atom is 0.326 e. The van der Waals surface area contributed by atoms with Crippen LogP contribution in [0, 0.1) is 5.92 Å². The summed E-state index contributed by atoms with van der Waals surface area (Å²) in [6.07, 6.45) is 4.66. The number of carboxylic acids is 1. The van der Waals surface area contributed by atoms with Gasteiger partial charge in [-0.3, -0.25) is 4.79 Å². The van der Waals surface area contributed by atoms with Crippen LogP contribution in [0.15, 0.2) is 0 Å². The fourth-order valence-corrected chi connectivity index (χ4v) is 5.55. The summed E-state index contributed by atoms with van der Waals surface area (Å²) in [7, 11) is -3.90. The number of aldehydes is 1. The van der Waals surface area contributed by atoms with E-state index in [4.69, 9.17) is 4.74 Å². The van der Waals surface area contributed by atoms with Crippen LogP contribution in [0.4, 0.5) is 0 Å². The summed E-state index contributed by atoms with van der Waals surface area (Å²) in [5.41, 5.74) is 0. The smallest absolute Gasteiger partial charge is 0.326 e. The number of rotatable bonds is 7. The van der Waals surface area contributed by atoms with Gasteiger partial charge in [0.2, 0.25) is 10.0 Å². The zero-order valence-corrected chi connectivity index (χ0v) is 14.1. The van der Waals surface area contributed by atoms with Crippen molar-refractivity contribution in [3.63, 3.8) is 0 Å². The first-order chi connectivity index (χ1) is 10.9. The van der Waals surface area contributed by atoms with Crippen molar-refractivity contribution in [2.24, 2.45) is 5.92 Å². The van der Waals surface area contributed by atoms with Gasteiger partial charge in [0.25, 0.3) is 0 Å². The summed E-state index contributed by atoms with van der Waals surface area (Å²) >= 11 is 0. The fourth-order valence-electron chi connectivity index (χ4n) is 3.46. The number of carboxylic acid groups (broad SMARTS) is 1. The Balaban J connectivity index is 2.03. The molecule has 2 saturated heterocycles. The minimum atomic E-state index is -3.90. The van der Waals surface area contributed by atoms with Crippen molar-refractivity contribution in [1.29, 1.82) is 0 Å². The number of hydrogen-bond acceptors (Lipinski definition) is 5. The van der Waals surface area contributed by atoms with Crippen molar-refractivity contribution >= 4 is 22.3 Å². The molecular formula is C15H25NO6S. The highest BCUT2D eigenvalue weighted by Gasteiger charge is 2.54. The van der Waals surface area contributed by atoms with Gasteiger partial charge >= 0.3 is 5.97 Å². The van der Waals surface area contributed by atoms with Crippen molar-refractivity contribution in [2.75, 3.05) is 26.3 Å². The van der Waals surface area contributed by atoms with Gasteiger partial charge in [-0.1, -0.05) is 0 Å². The predicted octanol–water partition coefficient (Wildman–Crippen LogP) is 1.03. The topological polar surface area (TPSA) is 101 Å². The second kappa shape index (κ2) is 7.72. The lowest BCUT2D eigenvalue weighted by Gasteiger charge is -2.39. The monoisotopic (exact) mass is 347 g/mol. The summed E-state index contributed by atoms with van der Waals surface area (Å²) in [5, 5.41) is 9.56. The first-order valence-corrected chi connectivity index (χ1v) is 9.62. The summed E-state index contributed by atoms with van der Waals surface area (Å²) < 4.78 is 30.6. The third-order valence-corrected chi connectivity index (χ3v) is 7.65. The number of sulfonamides is 1. The van der Waals surface area contributed by atoms with Crippen molar-refractivity contribution in [3.8, 4) is 0 Å². The predicted molar refractivity (Wildman–Crippen MR) is 83.6 cm³/mol. The number of unbranched alkanes of at least 4 members (excludes halogenated alkanes) is 1. The standard InChI is InChI=1S/C15H25NO6S/c17-10-2-1-3-13-4-8-16(9-5-13)23(20,21)15(14(18)19)6-11-22-12-7-15/h10,13H,1-9,11-12H2,(H,18,19). The summed E-state index contributed by atoms with van der Waals surface area (Å²) in [6.45, 7) is 1.05. The molecule has 0 amide bonds. The zero-order valence-electron chi connectivity index (χ0n) is 13.3. The molecule has 0 spiro atoms. The molecule has 0 aromatic carbocycles. The van der Waals surface area contributed by atoms with E-state index in [2.05, 4.69) is 0 Å². The van der Waals surface area contributed by atoms with Gasteiger partial charge in [0.1, 0.15) is 6.29 Å². The molecule has 0 radical (unpaired) electrons. The molecule has 2 fully saturated rings. The largest absolute Gasteiger partial charge is 0.480 e. The Hall–Kier alpha value is -0.990. The third-order valence-electron chi connectivity index (χ3n) is 5.03. The number of carbonyl (C=O) groups is 2. The quantitative estimate of drug-likeness (QED) is 0.545. The van der Waals surface area contributed by atoms with Crippen LogP contribution in [0.2, 0.25) is 0 Å². The second-order valence-electron chi connectivity index (χ2n) is 6.36. The Kier molecular flexibility index (Phi) is 6.16. The van der Waals surface area contributed by atoms with E-state index in [0.717, 1.165) is 32.0 Å². The molecule has 2 heterocycles. The maximum atomic E-state index is 12.9. The van der Waals surface area contributed by atoms with Crippen molar-refractivity contribution in [3.05, 3.63) is 0 Å². The molecule has 0 aromatic rings. The minimum Gasteiger partial charge on any atom is -0.480 e. The Morgan fingerprint density at radius 3 is 2.39 bits per heavy atom. The molecule has 0 unspecified atom stereocenters. The summed E-state index contributed by atoms with van der Waals surface area (Å²) in [6, 6.07) is 0. The number of aliphatic carboxylic acids is 1. The molecule has 2 rings (SSSR count). The first kappa shape index (κ1) is 18.4. The third kappa shape index (κ3) is 3.75. The van der Waals surface area contributed by atoms with Crippen LogP contribution >= 0.6 is 0 Å². The van der Waals surface area contributed by atoms with Crippen molar-refractivity contribution in [1.82, 2.24) is 4.31 Å². The molecule has 2 aliphatic heterocycles. The molecular weight excluding hydrogens is 322 g/mol. The Bertz CT molecular complexity index is 518. The molecule has 0 aromatic heterocycles. The van der Waals surface area contributed by atoms with Crippen LogP contribution in [-0.2, 0) is 24.3 Å².